The molecule has 1 fully saturated rings. The first-order chi connectivity index (χ1) is 12.7. The number of benzene rings is 2. The minimum Gasteiger partial charge on any atom is -0.258 e. The Labute approximate surface area is 156 Å². The first-order valence-electron chi connectivity index (χ1n) is 9.98. The lowest BCUT2D eigenvalue weighted by atomic mass is 9.77. The Kier molecular flexibility index (Phi) is 6.43. The van der Waals surface area contributed by atoms with Gasteiger partial charge >= 0.3 is 0 Å². The molecular formula is C23H29NO2. The minimum absolute atomic E-state index is 0.152. The molecule has 0 heterocycles. The fourth-order valence-corrected chi connectivity index (χ4v) is 4.16. The van der Waals surface area contributed by atoms with E-state index in [1.165, 1.54) is 56.1 Å². The van der Waals surface area contributed by atoms with Crippen LogP contribution in [0.4, 0.5) is 5.69 Å². The summed E-state index contributed by atoms with van der Waals surface area (Å²) in [6.45, 7) is 2.28. The molecule has 0 spiro atoms. The van der Waals surface area contributed by atoms with Gasteiger partial charge in [0, 0.05) is 12.1 Å². The highest BCUT2D eigenvalue weighted by Crippen LogP contribution is 2.37. The molecule has 2 aromatic carbocycles. The SMILES string of the molecule is CCCCC1CCC(c2ccc(Cc3ccc([N+](=O)[O-])cc3)cc2)CC1. The van der Waals surface area contributed by atoms with Gasteiger partial charge in [-0.25, -0.2) is 0 Å². The molecule has 1 aliphatic rings. The van der Waals surface area contributed by atoms with Crippen molar-refractivity contribution in [2.45, 2.75) is 64.2 Å². The van der Waals surface area contributed by atoms with E-state index in [9.17, 15) is 10.1 Å². The van der Waals surface area contributed by atoms with E-state index in [0.29, 0.717) is 0 Å². The normalized spacial score (nSPS) is 20.0. The van der Waals surface area contributed by atoms with Gasteiger partial charge < -0.3 is 0 Å². The maximum Gasteiger partial charge on any atom is 0.269 e. The summed E-state index contributed by atoms with van der Waals surface area (Å²) in [5, 5.41) is 10.7. The number of nitro benzene ring substituents is 1. The second-order valence-electron chi connectivity index (χ2n) is 7.70. The van der Waals surface area contributed by atoms with E-state index in [2.05, 4.69) is 31.2 Å². The molecule has 26 heavy (non-hydrogen) atoms. The summed E-state index contributed by atoms with van der Waals surface area (Å²) < 4.78 is 0. The van der Waals surface area contributed by atoms with E-state index in [1.807, 2.05) is 12.1 Å². The van der Waals surface area contributed by atoms with E-state index < -0.39 is 0 Å². The quantitative estimate of drug-likeness (QED) is 0.414. The van der Waals surface area contributed by atoms with Crippen molar-refractivity contribution in [2.24, 2.45) is 5.92 Å². The van der Waals surface area contributed by atoms with Crippen LogP contribution in [0.2, 0.25) is 0 Å². The van der Waals surface area contributed by atoms with Crippen LogP contribution in [-0.2, 0) is 6.42 Å². The minimum atomic E-state index is -0.352. The molecule has 138 valence electrons. The molecule has 0 N–H and O–H groups in total. The third-order valence-electron chi connectivity index (χ3n) is 5.82. The van der Waals surface area contributed by atoms with Crippen LogP contribution in [0.1, 0.15) is 74.5 Å². The molecule has 1 aliphatic carbocycles. The van der Waals surface area contributed by atoms with Crippen LogP contribution >= 0.6 is 0 Å². The molecule has 0 radical (unpaired) electrons. The van der Waals surface area contributed by atoms with Gasteiger partial charge in [0.05, 0.1) is 4.92 Å². The number of hydrogen-bond donors (Lipinski definition) is 0. The van der Waals surface area contributed by atoms with Gasteiger partial charge in [0.1, 0.15) is 0 Å². The van der Waals surface area contributed by atoms with Gasteiger partial charge in [-0.1, -0.05) is 62.6 Å². The van der Waals surface area contributed by atoms with Crippen LogP contribution in [-0.4, -0.2) is 4.92 Å². The summed E-state index contributed by atoms with van der Waals surface area (Å²) in [7, 11) is 0. The first kappa shape index (κ1) is 18.6. The van der Waals surface area contributed by atoms with Crippen LogP contribution in [0.5, 0.6) is 0 Å². The van der Waals surface area contributed by atoms with E-state index >= 15 is 0 Å². The lowest BCUT2D eigenvalue weighted by Gasteiger charge is -2.29. The van der Waals surface area contributed by atoms with Crippen LogP contribution < -0.4 is 0 Å². The first-order valence-corrected chi connectivity index (χ1v) is 9.98. The predicted molar refractivity (Wildman–Crippen MR) is 107 cm³/mol. The molecule has 0 aliphatic heterocycles. The van der Waals surface area contributed by atoms with Crippen molar-refractivity contribution in [3.8, 4) is 0 Å². The van der Waals surface area contributed by atoms with E-state index in [1.54, 1.807) is 12.1 Å². The van der Waals surface area contributed by atoms with Gasteiger partial charge in [0.15, 0.2) is 0 Å². The summed E-state index contributed by atoms with van der Waals surface area (Å²) in [6.07, 6.45) is 10.4. The van der Waals surface area contributed by atoms with Crippen LogP contribution in [0.25, 0.3) is 0 Å². The van der Waals surface area contributed by atoms with E-state index in [-0.39, 0.29) is 10.6 Å². The van der Waals surface area contributed by atoms with Crippen molar-refractivity contribution in [1.29, 1.82) is 0 Å². The summed E-state index contributed by atoms with van der Waals surface area (Å²) in [4.78, 5) is 10.4. The Hall–Kier alpha value is -2.16. The number of nitro groups is 1. The van der Waals surface area contributed by atoms with Crippen molar-refractivity contribution in [3.63, 3.8) is 0 Å². The smallest absolute Gasteiger partial charge is 0.258 e. The topological polar surface area (TPSA) is 43.1 Å². The molecule has 0 unspecified atom stereocenters. The Balaban J connectivity index is 1.54. The molecule has 3 nitrogen and oxygen atoms in total. The lowest BCUT2D eigenvalue weighted by Crippen LogP contribution is -2.13. The Morgan fingerprint density at radius 3 is 2.04 bits per heavy atom. The van der Waals surface area contributed by atoms with Gasteiger partial charge in [-0.05, 0) is 60.6 Å². The summed E-state index contributed by atoms with van der Waals surface area (Å²) >= 11 is 0. The number of hydrogen-bond acceptors (Lipinski definition) is 2. The van der Waals surface area contributed by atoms with E-state index in [4.69, 9.17) is 0 Å². The van der Waals surface area contributed by atoms with Crippen molar-refractivity contribution in [3.05, 3.63) is 75.3 Å². The molecular weight excluding hydrogens is 322 g/mol. The maximum absolute atomic E-state index is 10.7. The van der Waals surface area contributed by atoms with Crippen LogP contribution in [0, 0.1) is 16.0 Å². The van der Waals surface area contributed by atoms with Crippen LogP contribution in [0.3, 0.4) is 0 Å². The zero-order valence-corrected chi connectivity index (χ0v) is 15.7. The molecule has 3 heteroatoms. The monoisotopic (exact) mass is 351 g/mol. The molecule has 1 saturated carbocycles. The summed E-state index contributed by atoms with van der Waals surface area (Å²) in [5.74, 6) is 1.67. The highest BCUT2D eigenvalue weighted by atomic mass is 16.6. The largest absolute Gasteiger partial charge is 0.269 e. The zero-order valence-electron chi connectivity index (χ0n) is 15.7. The molecule has 3 rings (SSSR count). The van der Waals surface area contributed by atoms with Crippen molar-refractivity contribution < 1.29 is 4.92 Å². The summed E-state index contributed by atoms with van der Waals surface area (Å²) in [5.41, 5.74) is 4.00. The van der Waals surface area contributed by atoms with Crippen molar-refractivity contribution in [2.75, 3.05) is 0 Å². The highest BCUT2D eigenvalue weighted by Gasteiger charge is 2.21. The third kappa shape index (κ3) is 4.94. The van der Waals surface area contributed by atoms with Crippen molar-refractivity contribution >= 4 is 5.69 Å². The van der Waals surface area contributed by atoms with Gasteiger partial charge in [0.2, 0.25) is 0 Å². The number of rotatable bonds is 7. The highest BCUT2D eigenvalue weighted by molar-refractivity contribution is 5.36. The lowest BCUT2D eigenvalue weighted by molar-refractivity contribution is -0.384. The number of nitrogens with zero attached hydrogens (tertiary/aromatic N) is 1. The molecule has 0 amide bonds. The predicted octanol–water partition coefficient (Wildman–Crippen LogP) is 6.65. The standard InChI is InChI=1S/C23H29NO2/c1-2-3-4-18-5-11-21(12-6-18)22-13-7-19(8-14-22)17-20-9-15-23(16-10-20)24(25)26/h7-10,13-16,18,21H,2-6,11-12,17H2,1H3. The fourth-order valence-electron chi connectivity index (χ4n) is 4.16. The van der Waals surface area contributed by atoms with Crippen LogP contribution in [0.15, 0.2) is 48.5 Å². The molecule has 0 bridgehead atoms. The van der Waals surface area contributed by atoms with Gasteiger partial charge in [0.25, 0.3) is 5.69 Å². The fraction of sp³-hybridized carbons (Fsp3) is 0.478. The molecule has 0 aromatic heterocycles. The Morgan fingerprint density at radius 1 is 0.923 bits per heavy atom. The second-order valence-corrected chi connectivity index (χ2v) is 7.70. The zero-order chi connectivity index (χ0) is 18.4. The second kappa shape index (κ2) is 8.98. The molecule has 2 aromatic rings. The average Bonchev–Trinajstić information content (AvgIpc) is 2.68. The molecule has 0 saturated heterocycles. The Morgan fingerprint density at radius 2 is 1.50 bits per heavy atom. The third-order valence-corrected chi connectivity index (χ3v) is 5.82. The average molecular weight is 351 g/mol. The number of unbranched alkanes of at least 4 members (excludes halogenated alkanes) is 1. The molecule has 0 atom stereocenters. The van der Waals surface area contributed by atoms with E-state index in [0.717, 1.165) is 23.8 Å². The maximum atomic E-state index is 10.7. The van der Waals surface area contributed by atoms with Gasteiger partial charge in [-0.15, -0.1) is 0 Å². The van der Waals surface area contributed by atoms with Gasteiger partial charge in [-0.2, -0.15) is 0 Å². The van der Waals surface area contributed by atoms with Crippen molar-refractivity contribution in [1.82, 2.24) is 0 Å². The summed E-state index contributed by atoms with van der Waals surface area (Å²) in [6, 6.07) is 15.9. The Bertz CT molecular complexity index is 698. The number of non-ortho nitro benzene ring substituents is 1. The van der Waals surface area contributed by atoms with Gasteiger partial charge in [-0.3, -0.25) is 10.1 Å².